The first kappa shape index (κ1) is 24.2. The number of fused-ring (bicyclic) bond motifs is 1. The minimum absolute atomic E-state index is 0.0212. The van der Waals surface area contributed by atoms with Crippen LogP contribution in [-0.4, -0.2) is 83.2 Å². The van der Waals surface area contributed by atoms with Crippen LogP contribution in [0.4, 0.5) is 13.2 Å². The second-order valence-electron chi connectivity index (χ2n) is 6.27. The number of alkyl halides is 3. The van der Waals surface area contributed by atoms with Crippen LogP contribution in [0.3, 0.4) is 0 Å². The fraction of sp³-hybridized carbons (Fsp3) is 0.467. The van der Waals surface area contributed by atoms with E-state index in [-0.39, 0.29) is 28.3 Å². The maximum atomic E-state index is 12.4. The minimum atomic E-state index is -4.59. The third kappa shape index (κ3) is 5.69. The molecule has 0 spiro atoms. The molecule has 0 bridgehead atoms. The van der Waals surface area contributed by atoms with Crippen LogP contribution in [-0.2, 0) is 25.6 Å². The van der Waals surface area contributed by atoms with Gasteiger partial charge in [0.1, 0.15) is 23.5 Å². The molecule has 1 unspecified atom stereocenters. The molecule has 2 atom stereocenters. The van der Waals surface area contributed by atoms with Crippen molar-refractivity contribution in [1.82, 2.24) is 20.4 Å². The molecule has 1 saturated heterocycles. The molecular weight excluding hydrogens is 501 g/mol. The number of amides is 2. The number of β-lactam (4-membered cyclic amide) rings is 1. The Bertz CT molecular complexity index is 984. The monoisotopic (exact) mass is 514 g/mol. The van der Waals surface area contributed by atoms with E-state index in [1.165, 1.54) is 0 Å². The number of nitrogens with one attached hydrogen (secondary N) is 1. The first-order valence-corrected chi connectivity index (χ1v) is 11.5. The summed E-state index contributed by atoms with van der Waals surface area (Å²) >= 11 is 1.57. The number of carboxylic acid groups (broad SMARTS) is 2. The van der Waals surface area contributed by atoms with E-state index < -0.39 is 64.6 Å². The molecule has 2 aliphatic heterocycles. The highest BCUT2D eigenvalue weighted by Crippen LogP contribution is 2.41. The average Bonchev–Trinajstić information content (AvgIpc) is 3.13. The van der Waals surface area contributed by atoms with Crippen LogP contribution < -0.4 is 5.32 Å². The lowest BCUT2D eigenvalue weighted by Crippen LogP contribution is -2.70. The van der Waals surface area contributed by atoms with Gasteiger partial charge in [-0.3, -0.25) is 19.3 Å². The fourth-order valence-electron chi connectivity index (χ4n) is 2.80. The molecule has 0 saturated carbocycles. The van der Waals surface area contributed by atoms with Gasteiger partial charge in [0, 0.05) is 11.5 Å². The van der Waals surface area contributed by atoms with E-state index >= 15 is 0 Å². The summed E-state index contributed by atoms with van der Waals surface area (Å²) in [6.45, 7) is 0. The lowest BCUT2D eigenvalue weighted by Gasteiger charge is -2.49. The number of halogens is 3. The third-order valence-electron chi connectivity index (χ3n) is 4.05. The fourth-order valence-corrected chi connectivity index (χ4v) is 5.45. The summed E-state index contributed by atoms with van der Waals surface area (Å²) in [6, 6.07) is -1.13. The zero-order valence-electron chi connectivity index (χ0n) is 15.6. The molecular formula is C15H13F3N4O7S3. The summed E-state index contributed by atoms with van der Waals surface area (Å²) in [5.74, 6) is -5.08. The Balaban J connectivity index is 1.64. The Morgan fingerprint density at radius 2 is 2.00 bits per heavy atom. The molecule has 0 aliphatic carbocycles. The van der Waals surface area contributed by atoms with Crippen molar-refractivity contribution in [2.45, 2.75) is 28.6 Å². The quantitative estimate of drug-likeness (QED) is 0.314. The third-order valence-corrected chi connectivity index (χ3v) is 7.03. The van der Waals surface area contributed by atoms with Crippen molar-refractivity contribution in [3.05, 3.63) is 17.2 Å². The lowest BCUT2D eigenvalue weighted by molar-refractivity contribution is -0.150. The summed E-state index contributed by atoms with van der Waals surface area (Å²) in [6.07, 6.45) is -0.467. The molecule has 0 aromatic carbocycles. The first-order valence-electron chi connectivity index (χ1n) is 8.53. The van der Waals surface area contributed by atoms with Crippen molar-refractivity contribution in [3.8, 4) is 0 Å². The largest absolute Gasteiger partial charge is 0.481 e. The second-order valence-corrected chi connectivity index (χ2v) is 9.34. The smallest absolute Gasteiger partial charge is 0.442 e. The predicted octanol–water partition coefficient (Wildman–Crippen LogP) is 0.780. The van der Waals surface area contributed by atoms with Crippen LogP contribution in [0.25, 0.3) is 0 Å². The SMILES string of the molecule is O=C(O)Cc1nnc(SCC2=C(C(=O)O)N3C(=O)C(NC(=O)CSC(F)(F)F)[C@@H]3SC2)o1. The molecule has 1 aromatic rings. The molecule has 3 rings (SSSR count). The van der Waals surface area contributed by atoms with Crippen molar-refractivity contribution >= 4 is 59.0 Å². The number of carbonyl (C=O) groups is 4. The Morgan fingerprint density at radius 3 is 2.62 bits per heavy atom. The number of aromatic nitrogens is 2. The summed E-state index contributed by atoms with van der Waals surface area (Å²) < 4.78 is 41.8. The average molecular weight is 514 g/mol. The molecule has 3 N–H and O–H groups in total. The highest BCUT2D eigenvalue weighted by molar-refractivity contribution is 8.01. The Hall–Kier alpha value is -2.40. The molecule has 3 heterocycles. The number of hydrogen-bond acceptors (Lipinski definition) is 10. The maximum Gasteiger partial charge on any atom is 0.442 e. The lowest BCUT2D eigenvalue weighted by atomic mass is 10.0. The summed E-state index contributed by atoms with van der Waals surface area (Å²) in [7, 11) is 0. The number of carboxylic acids is 2. The van der Waals surface area contributed by atoms with Gasteiger partial charge in [-0.1, -0.05) is 11.8 Å². The van der Waals surface area contributed by atoms with Crippen molar-refractivity contribution in [2.24, 2.45) is 0 Å². The first-order chi connectivity index (χ1) is 15.0. The number of rotatable bonds is 9. The van der Waals surface area contributed by atoms with E-state index in [0.29, 0.717) is 5.57 Å². The molecule has 174 valence electrons. The Morgan fingerprint density at radius 1 is 1.28 bits per heavy atom. The van der Waals surface area contributed by atoms with Gasteiger partial charge in [-0.05, 0) is 17.3 Å². The normalized spacial score (nSPS) is 20.6. The van der Waals surface area contributed by atoms with Gasteiger partial charge in [-0.15, -0.1) is 22.0 Å². The standard InChI is InChI=1S/C15H13F3N4O7S3/c16-15(17,18)32-4-6(23)19-9-11(26)22-10(13(27)28)5(2-30-12(9)22)3-31-14-21-20-7(29-14)1-8(24)25/h9,12H,1-4H2,(H,19,23)(H,24,25)(H,27,28)/t9?,12-/m0/s1. The van der Waals surface area contributed by atoms with Gasteiger partial charge in [-0.25, -0.2) is 4.79 Å². The van der Waals surface area contributed by atoms with Gasteiger partial charge in [0.15, 0.2) is 0 Å². The molecule has 2 amide bonds. The van der Waals surface area contributed by atoms with Crippen molar-refractivity contribution in [3.63, 3.8) is 0 Å². The number of nitrogens with zero attached hydrogens (tertiary/aromatic N) is 3. The second kappa shape index (κ2) is 9.62. The molecule has 17 heteroatoms. The van der Waals surface area contributed by atoms with Gasteiger partial charge in [0.2, 0.25) is 11.8 Å². The molecule has 11 nitrogen and oxygen atoms in total. The number of carbonyl (C=O) groups excluding carboxylic acids is 2. The number of thioether (sulfide) groups is 3. The highest BCUT2D eigenvalue weighted by Gasteiger charge is 2.54. The molecule has 2 aliphatic rings. The summed E-state index contributed by atoms with van der Waals surface area (Å²) in [4.78, 5) is 47.6. The Kier molecular flexibility index (Phi) is 7.29. The Labute approximate surface area is 189 Å². The van der Waals surface area contributed by atoms with Crippen LogP contribution in [0.15, 0.2) is 20.9 Å². The predicted molar refractivity (Wildman–Crippen MR) is 105 cm³/mol. The van der Waals surface area contributed by atoms with Gasteiger partial charge < -0.3 is 19.9 Å². The van der Waals surface area contributed by atoms with Crippen LogP contribution in [0.1, 0.15) is 5.89 Å². The number of aliphatic carboxylic acids is 2. The molecule has 1 fully saturated rings. The van der Waals surface area contributed by atoms with Crippen LogP contribution >= 0.6 is 35.3 Å². The summed E-state index contributed by atoms with van der Waals surface area (Å²) in [5, 5.41) is 27.0. The van der Waals surface area contributed by atoms with Crippen molar-refractivity contribution in [2.75, 3.05) is 17.3 Å². The highest BCUT2D eigenvalue weighted by atomic mass is 32.2. The van der Waals surface area contributed by atoms with Crippen LogP contribution in [0, 0.1) is 0 Å². The van der Waals surface area contributed by atoms with Gasteiger partial charge in [-0.2, -0.15) is 13.2 Å². The number of hydrogen-bond donors (Lipinski definition) is 3. The molecule has 1 aromatic heterocycles. The van der Waals surface area contributed by atoms with E-state index in [4.69, 9.17) is 9.52 Å². The van der Waals surface area contributed by atoms with Gasteiger partial charge >= 0.3 is 17.4 Å². The topological polar surface area (TPSA) is 163 Å². The summed E-state index contributed by atoms with van der Waals surface area (Å²) in [5.41, 5.74) is -4.52. The van der Waals surface area contributed by atoms with Crippen LogP contribution in [0.2, 0.25) is 0 Å². The zero-order valence-corrected chi connectivity index (χ0v) is 18.1. The van der Waals surface area contributed by atoms with E-state index in [0.717, 1.165) is 28.4 Å². The molecule has 32 heavy (non-hydrogen) atoms. The van der Waals surface area contributed by atoms with Crippen molar-refractivity contribution < 1.29 is 47.0 Å². The van der Waals surface area contributed by atoms with Crippen LogP contribution in [0.5, 0.6) is 0 Å². The minimum Gasteiger partial charge on any atom is -0.481 e. The van der Waals surface area contributed by atoms with Crippen molar-refractivity contribution in [1.29, 1.82) is 0 Å². The van der Waals surface area contributed by atoms with Gasteiger partial charge in [0.05, 0.1) is 5.75 Å². The van der Waals surface area contributed by atoms with E-state index in [1.54, 1.807) is 0 Å². The zero-order chi connectivity index (χ0) is 23.6. The maximum absolute atomic E-state index is 12.4. The van der Waals surface area contributed by atoms with Gasteiger partial charge in [0.25, 0.3) is 11.1 Å². The van der Waals surface area contributed by atoms with E-state index in [1.807, 2.05) is 0 Å². The van der Waals surface area contributed by atoms with E-state index in [2.05, 4.69) is 15.5 Å². The van der Waals surface area contributed by atoms with E-state index in [9.17, 15) is 37.5 Å². The molecule has 0 radical (unpaired) electrons.